The molecule has 4 rings (SSSR count). The molecule has 148 valence electrons. The molecule has 2 heterocycles. The lowest BCUT2D eigenvalue weighted by Crippen LogP contribution is -2.29. The van der Waals surface area contributed by atoms with Crippen LogP contribution < -0.4 is 9.04 Å². The van der Waals surface area contributed by atoms with Gasteiger partial charge in [0, 0.05) is 12.7 Å². The van der Waals surface area contributed by atoms with E-state index in [0.717, 1.165) is 5.56 Å². The fraction of sp³-hybridized carbons (Fsp3) is 0.100. The van der Waals surface area contributed by atoms with Gasteiger partial charge in [-0.25, -0.2) is 18.2 Å². The third-order valence-electron chi connectivity index (χ3n) is 4.51. The largest absolute Gasteiger partial charge is 0.420 e. The second-order valence-corrected chi connectivity index (χ2v) is 9.27. The van der Waals surface area contributed by atoms with Crippen molar-refractivity contribution in [1.29, 1.82) is 0 Å². The van der Waals surface area contributed by atoms with E-state index in [0.29, 0.717) is 23.3 Å². The highest BCUT2D eigenvalue weighted by molar-refractivity contribution is 9.10. The van der Waals surface area contributed by atoms with E-state index >= 15 is 0 Å². The lowest BCUT2D eigenvalue weighted by atomic mass is 10.2. The summed E-state index contributed by atoms with van der Waals surface area (Å²) in [5.74, 6) is -0.487. The maximum absolute atomic E-state index is 13.3. The fourth-order valence-corrected chi connectivity index (χ4v) is 5.45. The quantitative estimate of drug-likeness (QED) is 0.396. The summed E-state index contributed by atoms with van der Waals surface area (Å²) in [5, 5.41) is 0.0356. The minimum Gasteiger partial charge on any atom is -0.420 e. The van der Waals surface area contributed by atoms with Crippen LogP contribution in [0.3, 0.4) is 0 Å². The Kier molecular flexibility index (Phi) is 5.33. The number of sulfonamides is 1. The number of ether oxygens (including phenoxy) is 1. The average molecular weight is 494 g/mol. The van der Waals surface area contributed by atoms with Crippen molar-refractivity contribution in [3.05, 3.63) is 81.5 Å². The second-order valence-electron chi connectivity index (χ2n) is 6.28. The molecule has 0 atom stereocenters. The summed E-state index contributed by atoms with van der Waals surface area (Å²) in [4.78, 5) is 16.4. The SMILES string of the molecule is O=C(Oc1cccnc1Br)c1ccc(Cl)c(S(=O)(=O)N2CCc3ccccc32)c1. The number of hydrogen-bond acceptors (Lipinski definition) is 5. The topological polar surface area (TPSA) is 76.6 Å². The zero-order valence-electron chi connectivity index (χ0n) is 14.9. The zero-order chi connectivity index (χ0) is 20.6. The van der Waals surface area contributed by atoms with Crippen molar-refractivity contribution in [2.75, 3.05) is 10.8 Å². The van der Waals surface area contributed by atoms with Crippen molar-refractivity contribution >= 4 is 49.2 Å². The highest BCUT2D eigenvalue weighted by Crippen LogP contribution is 2.35. The van der Waals surface area contributed by atoms with E-state index < -0.39 is 16.0 Å². The Labute approximate surface area is 181 Å². The van der Waals surface area contributed by atoms with Crippen LogP contribution in [-0.4, -0.2) is 25.9 Å². The number of anilines is 1. The molecule has 0 spiro atoms. The van der Waals surface area contributed by atoms with Crippen LogP contribution in [0.15, 0.2) is 70.3 Å². The number of hydrogen-bond donors (Lipinski definition) is 0. The summed E-state index contributed by atoms with van der Waals surface area (Å²) < 4.78 is 33.6. The molecule has 1 aliphatic heterocycles. The second kappa shape index (κ2) is 7.78. The molecule has 0 aliphatic carbocycles. The van der Waals surface area contributed by atoms with Gasteiger partial charge < -0.3 is 4.74 Å². The molecule has 1 aliphatic rings. The molecule has 0 radical (unpaired) electrons. The molecule has 2 aromatic carbocycles. The maximum atomic E-state index is 13.3. The van der Waals surface area contributed by atoms with Crippen molar-refractivity contribution in [3.8, 4) is 5.75 Å². The summed E-state index contributed by atoms with van der Waals surface area (Å²) in [6.07, 6.45) is 2.16. The Morgan fingerprint density at radius 1 is 1.14 bits per heavy atom. The van der Waals surface area contributed by atoms with Crippen LogP contribution in [0.5, 0.6) is 5.75 Å². The predicted molar refractivity (Wildman–Crippen MR) is 113 cm³/mol. The number of fused-ring (bicyclic) bond motifs is 1. The van der Waals surface area contributed by atoms with Crippen molar-refractivity contribution in [1.82, 2.24) is 4.98 Å². The smallest absolute Gasteiger partial charge is 0.343 e. The Morgan fingerprint density at radius 2 is 1.93 bits per heavy atom. The minimum absolute atomic E-state index is 0.0356. The van der Waals surface area contributed by atoms with Gasteiger partial charge in [0.1, 0.15) is 9.50 Å². The summed E-state index contributed by atoms with van der Waals surface area (Å²) in [7, 11) is -3.95. The Hall–Kier alpha value is -2.42. The molecule has 6 nitrogen and oxygen atoms in total. The Morgan fingerprint density at radius 3 is 2.72 bits per heavy atom. The van der Waals surface area contributed by atoms with Gasteiger partial charge >= 0.3 is 5.97 Å². The number of nitrogens with zero attached hydrogens (tertiary/aromatic N) is 2. The van der Waals surface area contributed by atoms with Gasteiger partial charge in [0.15, 0.2) is 5.75 Å². The molecule has 0 saturated carbocycles. The van der Waals surface area contributed by atoms with E-state index in [4.69, 9.17) is 16.3 Å². The number of carbonyl (C=O) groups is 1. The normalized spacial score (nSPS) is 13.2. The van der Waals surface area contributed by atoms with Crippen LogP contribution >= 0.6 is 27.5 Å². The van der Waals surface area contributed by atoms with Crippen LogP contribution in [0, 0.1) is 0 Å². The van der Waals surface area contributed by atoms with Gasteiger partial charge in [-0.05, 0) is 64.3 Å². The molecule has 9 heteroatoms. The van der Waals surface area contributed by atoms with Gasteiger partial charge in [-0.1, -0.05) is 29.8 Å². The van der Waals surface area contributed by atoms with Crippen molar-refractivity contribution in [2.24, 2.45) is 0 Å². The highest BCUT2D eigenvalue weighted by Gasteiger charge is 2.32. The lowest BCUT2D eigenvalue weighted by Gasteiger charge is -2.20. The van der Waals surface area contributed by atoms with Gasteiger partial charge in [0.2, 0.25) is 0 Å². The summed E-state index contributed by atoms with van der Waals surface area (Å²) in [6.45, 7) is 0.315. The number of pyridine rings is 1. The van der Waals surface area contributed by atoms with Gasteiger partial charge in [-0.2, -0.15) is 0 Å². The summed E-state index contributed by atoms with van der Waals surface area (Å²) in [6, 6.07) is 14.5. The monoisotopic (exact) mass is 492 g/mol. The first kappa shape index (κ1) is 19.9. The fourth-order valence-electron chi connectivity index (χ4n) is 3.11. The number of halogens is 2. The first-order chi connectivity index (χ1) is 13.9. The number of para-hydroxylation sites is 1. The van der Waals surface area contributed by atoms with Crippen molar-refractivity contribution in [2.45, 2.75) is 11.3 Å². The molecular formula is C20H14BrClN2O4S. The minimum atomic E-state index is -3.95. The van der Waals surface area contributed by atoms with E-state index in [1.54, 1.807) is 30.5 Å². The van der Waals surface area contributed by atoms with E-state index in [9.17, 15) is 13.2 Å². The molecule has 0 unspecified atom stereocenters. The van der Waals surface area contributed by atoms with Gasteiger partial charge in [0.25, 0.3) is 10.0 Å². The number of rotatable bonds is 4. The third-order valence-corrected chi connectivity index (χ3v) is 7.40. The molecule has 3 aromatic rings. The van der Waals surface area contributed by atoms with E-state index in [2.05, 4.69) is 20.9 Å². The molecule has 0 N–H and O–H groups in total. The van der Waals surface area contributed by atoms with E-state index in [1.807, 2.05) is 12.1 Å². The molecule has 0 bridgehead atoms. The number of esters is 1. The predicted octanol–water partition coefficient (Wildman–Crippen LogP) is 4.47. The first-order valence-electron chi connectivity index (χ1n) is 8.61. The lowest BCUT2D eigenvalue weighted by molar-refractivity contribution is 0.0732. The molecule has 0 fully saturated rings. The number of benzene rings is 2. The summed E-state index contributed by atoms with van der Waals surface area (Å²) in [5.41, 5.74) is 1.64. The Bertz CT molecular complexity index is 1220. The maximum Gasteiger partial charge on any atom is 0.343 e. The van der Waals surface area contributed by atoms with Gasteiger partial charge in [-0.3, -0.25) is 4.31 Å². The van der Waals surface area contributed by atoms with Crippen molar-refractivity contribution < 1.29 is 17.9 Å². The van der Waals surface area contributed by atoms with E-state index in [-0.39, 0.29) is 21.2 Å². The van der Waals surface area contributed by atoms with Gasteiger partial charge in [-0.15, -0.1) is 0 Å². The molecular weight excluding hydrogens is 480 g/mol. The van der Waals surface area contributed by atoms with Crippen LogP contribution in [0.4, 0.5) is 5.69 Å². The molecule has 0 amide bonds. The molecule has 1 aromatic heterocycles. The van der Waals surface area contributed by atoms with Crippen LogP contribution in [-0.2, 0) is 16.4 Å². The number of aromatic nitrogens is 1. The average Bonchev–Trinajstić information content (AvgIpc) is 3.15. The summed E-state index contributed by atoms with van der Waals surface area (Å²) >= 11 is 9.40. The number of carbonyl (C=O) groups excluding carboxylic acids is 1. The van der Waals surface area contributed by atoms with Crippen LogP contribution in [0.25, 0.3) is 0 Å². The molecule has 29 heavy (non-hydrogen) atoms. The van der Waals surface area contributed by atoms with Crippen LogP contribution in [0.1, 0.15) is 15.9 Å². The first-order valence-corrected chi connectivity index (χ1v) is 11.2. The standard InChI is InChI=1S/C20H14BrClN2O4S/c21-19-17(6-3-10-23-19)28-20(25)14-7-8-15(22)18(12-14)29(26,27)24-11-9-13-4-1-2-5-16(13)24/h1-8,10,12H,9,11H2. The highest BCUT2D eigenvalue weighted by atomic mass is 79.9. The van der Waals surface area contributed by atoms with Gasteiger partial charge in [0.05, 0.1) is 16.3 Å². The zero-order valence-corrected chi connectivity index (χ0v) is 18.0. The Balaban J connectivity index is 1.69. The molecule has 0 saturated heterocycles. The third kappa shape index (κ3) is 3.75. The van der Waals surface area contributed by atoms with Crippen LogP contribution in [0.2, 0.25) is 5.02 Å². The van der Waals surface area contributed by atoms with E-state index in [1.165, 1.54) is 22.5 Å². The van der Waals surface area contributed by atoms with Crippen molar-refractivity contribution in [3.63, 3.8) is 0 Å².